The third-order valence-corrected chi connectivity index (χ3v) is 4.24. The number of ether oxygens (including phenoxy) is 1. The second-order valence-electron chi connectivity index (χ2n) is 4.75. The third kappa shape index (κ3) is 3.26. The van der Waals surface area contributed by atoms with E-state index < -0.39 is 5.97 Å². The molecule has 1 aliphatic heterocycles. The van der Waals surface area contributed by atoms with E-state index in [4.69, 9.17) is 0 Å². The molecule has 0 saturated carbocycles. The first-order chi connectivity index (χ1) is 9.11. The number of hydrogen-bond donors (Lipinski definition) is 1. The van der Waals surface area contributed by atoms with Crippen LogP contribution in [0, 0.1) is 5.92 Å². The predicted molar refractivity (Wildman–Crippen MR) is 74.6 cm³/mol. The molecule has 104 valence electrons. The molecule has 1 aromatic heterocycles. The quantitative estimate of drug-likeness (QED) is 0.849. The maximum absolute atomic E-state index is 12.1. The Balaban J connectivity index is 1.99. The van der Waals surface area contributed by atoms with Gasteiger partial charge in [0.25, 0.3) is 0 Å². The van der Waals surface area contributed by atoms with Crippen LogP contribution in [0.25, 0.3) is 0 Å². The second kappa shape index (κ2) is 6.06. The van der Waals surface area contributed by atoms with Crippen LogP contribution < -0.4 is 5.32 Å². The number of rotatable bonds is 2. The van der Waals surface area contributed by atoms with Gasteiger partial charge in [-0.3, -0.25) is 0 Å². The topological polar surface area (TPSA) is 58.6 Å². The van der Waals surface area contributed by atoms with Crippen molar-refractivity contribution in [2.45, 2.75) is 19.8 Å². The zero-order valence-corrected chi connectivity index (χ0v) is 12.0. The number of carbonyl (C=O) groups excluding carboxylic acids is 2. The Morgan fingerprint density at radius 1 is 1.42 bits per heavy atom. The van der Waals surface area contributed by atoms with E-state index in [1.807, 2.05) is 0 Å². The number of hydrogen-bond acceptors (Lipinski definition) is 4. The fourth-order valence-corrected chi connectivity index (χ4v) is 2.83. The number of thiophene rings is 1. The van der Waals surface area contributed by atoms with Gasteiger partial charge in [-0.15, -0.1) is 11.3 Å². The normalized spacial score (nSPS) is 16.2. The molecule has 1 aliphatic rings. The van der Waals surface area contributed by atoms with E-state index >= 15 is 0 Å². The van der Waals surface area contributed by atoms with Crippen LogP contribution in [0.2, 0.25) is 0 Å². The van der Waals surface area contributed by atoms with Crippen molar-refractivity contribution in [3.8, 4) is 0 Å². The molecule has 0 aromatic carbocycles. The minimum absolute atomic E-state index is 0.143. The zero-order valence-electron chi connectivity index (χ0n) is 11.1. The van der Waals surface area contributed by atoms with Gasteiger partial charge in [0.1, 0.15) is 4.88 Å². The number of piperidine rings is 1. The fourth-order valence-electron chi connectivity index (χ4n) is 2.06. The zero-order chi connectivity index (χ0) is 13.8. The second-order valence-corrected chi connectivity index (χ2v) is 5.67. The smallest absolute Gasteiger partial charge is 0.350 e. The van der Waals surface area contributed by atoms with Crippen LogP contribution in [0.4, 0.5) is 10.5 Å². The van der Waals surface area contributed by atoms with Crippen LogP contribution in [-0.4, -0.2) is 37.1 Å². The minimum atomic E-state index is -0.419. The molecule has 0 radical (unpaired) electrons. The molecule has 5 nitrogen and oxygen atoms in total. The highest BCUT2D eigenvalue weighted by atomic mass is 32.1. The molecule has 2 amide bonds. The Kier molecular flexibility index (Phi) is 4.42. The molecule has 1 N–H and O–H groups in total. The van der Waals surface area contributed by atoms with Gasteiger partial charge in [-0.1, -0.05) is 6.92 Å². The van der Waals surface area contributed by atoms with Crippen molar-refractivity contribution in [3.05, 3.63) is 16.3 Å². The van der Waals surface area contributed by atoms with Crippen molar-refractivity contribution in [2.75, 3.05) is 25.5 Å². The maximum atomic E-state index is 12.1. The van der Waals surface area contributed by atoms with Crippen LogP contribution in [0.3, 0.4) is 0 Å². The van der Waals surface area contributed by atoms with Crippen LogP contribution in [0.15, 0.2) is 11.4 Å². The van der Waals surface area contributed by atoms with Crippen molar-refractivity contribution in [1.82, 2.24) is 4.90 Å². The maximum Gasteiger partial charge on any atom is 0.350 e. The summed E-state index contributed by atoms with van der Waals surface area (Å²) in [6.07, 6.45) is 2.06. The van der Waals surface area contributed by atoms with E-state index in [0.29, 0.717) is 16.5 Å². The Morgan fingerprint density at radius 2 is 2.11 bits per heavy atom. The predicted octanol–water partition coefficient (Wildman–Crippen LogP) is 2.80. The number of carbonyl (C=O) groups is 2. The highest BCUT2D eigenvalue weighted by molar-refractivity contribution is 7.12. The number of amides is 2. The average molecular weight is 282 g/mol. The van der Waals surface area contributed by atoms with Gasteiger partial charge in [0.05, 0.1) is 12.8 Å². The van der Waals surface area contributed by atoms with Gasteiger partial charge in [0.15, 0.2) is 0 Å². The average Bonchev–Trinajstić information content (AvgIpc) is 2.86. The first-order valence-electron chi connectivity index (χ1n) is 6.33. The molecule has 0 aliphatic carbocycles. The molecule has 0 spiro atoms. The minimum Gasteiger partial charge on any atom is -0.465 e. The van der Waals surface area contributed by atoms with Gasteiger partial charge in [-0.05, 0) is 30.2 Å². The summed E-state index contributed by atoms with van der Waals surface area (Å²) >= 11 is 1.26. The largest absolute Gasteiger partial charge is 0.465 e. The van der Waals surface area contributed by atoms with Gasteiger partial charge in [0.2, 0.25) is 0 Å². The molecule has 2 heterocycles. The van der Waals surface area contributed by atoms with E-state index in [1.165, 1.54) is 18.4 Å². The van der Waals surface area contributed by atoms with Gasteiger partial charge < -0.3 is 15.0 Å². The number of methoxy groups -OCH3 is 1. The molecule has 2 rings (SSSR count). The number of nitrogens with zero attached hydrogens (tertiary/aromatic N) is 1. The summed E-state index contributed by atoms with van der Waals surface area (Å²) in [6.45, 7) is 3.73. The van der Waals surface area contributed by atoms with Crippen molar-refractivity contribution >= 4 is 29.0 Å². The third-order valence-electron chi connectivity index (χ3n) is 3.35. The van der Waals surface area contributed by atoms with Crippen molar-refractivity contribution in [2.24, 2.45) is 5.92 Å². The Labute approximate surface area is 116 Å². The summed E-state index contributed by atoms with van der Waals surface area (Å²) < 4.78 is 4.68. The van der Waals surface area contributed by atoms with E-state index in [2.05, 4.69) is 17.0 Å². The molecule has 1 fully saturated rings. The van der Waals surface area contributed by atoms with Crippen LogP contribution >= 0.6 is 11.3 Å². The molecule has 0 unspecified atom stereocenters. The number of esters is 1. The lowest BCUT2D eigenvalue weighted by Crippen LogP contribution is -2.40. The fraction of sp³-hybridized carbons (Fsp3) is 0.538. The number of nitrogens with one attached hydrogen (secondary N) is 1. The SMILES string of the molecule is COC(=O)c1sccc1NC(=O)N1CCC(C)CC1. The summed E-state index contributed by atoms with van der Waals surface area (Å²) in [5.74, 6) is 0.258. The van der Waals surface area contributed by atoms with Gasteiger partial charge in [-0.2, -0.15) is 0 Å². The highest BCUT2D eigenvalue weighted by Gasteiger charge is 2.22. The molecular weight excluding hydrogens is 264 g/mol. The number of likely N-dealkylation sites (tertiary alicyclic amines) is 1. The Morgan fingerprint density at radius 3 is 2.74 bits per heavy atom. The first-order valence-corrected chi connectivity index (χ1v) is 7.21. The summed E-state index contributed by atoms with van der Waals surface area (Å²) in [5.41, 5.74) is 0.528. The van der Waals surface area contributed by atoms with Crippen molar-refractivity contribution in [3.63, 3.8) is 0 Å². The lowest BCUT2D eigenvalue weighted by atomic mass is 10.00. The highest BCUT2D eigenvalue weighted by Crippen LogP contribution is 2.24. The van der Waals surface area contributed by atoms with E-state index in [0.717, 1.165) is 25.9 Å². The standard InChI is InChI=1S/C13H18N2O3S/c1-9-3-6-15(7-4-9)13(17)14-10-5-8-19-11(10)12(16)18-2/h5,8-9H,3-4,6-7H2,1-2H3,(H,14,17). The van der Waals surface area contributed by atoms with E-state index in [-0.39, 0.29) is 6.03 Å². The van der Waals surface area contributed by atoms with Crippen LogP contribution in [-0.2, 0) is 4.74 Å². The molecule has 6 heteroatoms. The van der Waals surface area contributed by atoms with Crippen molar-refractivity contribution < 1.29 is 14.3 Å². The molecular formula is C13H18N2O3S. The Hall–Kier alpha value is -1.56. The number of anilines is 1. The molecule has 19 heavy (non-hydrogen) atoms. The molecule has 0 bridgehead atoms. The van der Waals surface area contributed by atoms with Crippen LogP contribution in [0.1, 0.15) is 29.4 Å². The molecule has 1 aromatic rings. The Bertz CT molecular complexity index is 464. The summed E-state index contributed by atoms with van der Waals surface area (Å²) in [6, 6.07) is 1.58. The van der Waals surface area contributed by atoms with E-state index in [1.54, 1.807) is 16.3 Å². The van der Waals surface area contributed by atoms with Gasteiger partial charge in [0, 0.05) is 13.1 Å². The summed E-state index contributed by atoms with van der Waals surface area (Å²) in [4.78, 5) is 25.8. The number of urea groups is 1. The monoisotopic (exact) mass is 282 g/mol. The first kappa shape index (κ1) is 13.9. The van der Waals surface area contributed by atoms with Gasteiger partial charge in [-0.25, -0.2) is 9.59 Å². The summed E-state index contributed by atoms with van der Waals surface area (Å²) in [7, 11) is 1.33. The van der Waals surface area contributed by atoms with Crippen LogP contribution in [0.5, 0.6) is 0 Å². The summed E-state index contributed by atoms with van der Waals surface area (Å²) in [5, 5.41) is 4.55. The van der Waals surface area contributed by atoms with E-state index in [9.17, 15) is 9.59 Å². The molecule has 1 saturated heterocycles. The lowest BCUT2D eigenvalue weighted by molar-refractivity contribution is 0.0607. The van der Waals surface area contributed by atoms with Crippen molar-refractivity contribution in [1.29, 1.82) is 0 Å². The lowest BCUT2D eigenvalue weighted by Gasteiger charge is -2.30. The molecule has 0 atom stereocenters. The van der Waals surface area contributed by atoms with Gasteiger partial charge >= 0.3 is 12.0 Å².